The lowest BCUT2D eigenvalue weighted by molar-refractivity contribution is 0.0203. The number of hydrogen-bond donors (Lipinski definition) is 0. The molecule has 2 saturated heterocycles. The number of halogens is 3. The van der Waals surface area contributed by atoms with Gasteiger partial charge in [-0.25, -0.2) is 13.8 Å². The molecule has 7 rings (SSSR count). The van der Waals surface area contributed by atoms with Crippen molar-refractivity contribution in [3.63, 3.8) is 0 Å². The molecule has 0 unspecified atom stereocenters. The summed E-state index contributed by atoms with van der Waals surface area (Å²) in [6.45, 7) is 7.07. The standard InChI is InChI=1S/C27H30ClF2N7/c1-17-22(30)3-5-24(31-17)36-15-27(16-36)9-19(10-27)26-33-32-25-14-35(21-12-34(13-21)7-6-29)11-18-8-20(28)2-4-23(18)37(25)26/h2-5,8,19,21H,6-7,9-16H2,1H3. The second-order valence-electron chi connectivity index (χ2n) is 11.3. The molecule has 10 heteroatoms. The van der Waals surface area contributed by atoms with E-state index in [4.69, 9.17) is 16.7 Å². The SMILES string of the molecule is Cc1nc(N2CC3(CC(c4nnc5n4-c4ccc(Cl)cc4CN(C4CN(CCF)C4)C5)C3)C2)ccc1F. The number of rotatable bonds is 5. The summed E-state index contributed by atoms with van der Waals surface area (Å²) in [5.41, 5.74) is 3.01. The molecule has 0 radical (unpaired) electrons. The van der Waals surface area contributed by atoms with Gasteiger partial charge in [0, 0.05) is 61.7 Å². The van der Waals surface area contributed by atoms with Crippen molar-refractivity contribution in [3.8, 4) is 5.69 Å². The van der Waals surface area contributed by atoms with Crippen LogP contribution in [0.1, 0.15) is 41.7 Å². The van der Waals surface area contributed by atoms with E-state index in [-0.39, 0.29) is 17.9 Å². The van der Waals surface area contributed by atoms with Crippen LogP contribution in [0.15, 0.2) is 30.3 Å². The first-order valence-corrected chi connectivity index (χ1v) is 13.4. The van der Waals surface area contributed by atoms with Crippen LogP contribution < -0.4 is 4.90 Å². The summed E-state index contributed by atoms with van der Waals surface area (Å²) >= 11 is 6.42. The zero-order valence-corrected chi connectivity index (χ0v) is 21.6. The topological polar surface area (TPSA) is 53.3 Å². The highest BCUT2D eigenvalue weighted by Crippen LogP contribution is 2.56. The Morgan fingerprint density at radius 3 is 2.65 bits per heavy atom. The van der Waals surface area contributed by atoms with E-state index in [0.29, 0.717) is 30.7 Å². The normalized spacial score (nSPS) is 21.7. The summed E-state index contributed by atoms with van der Waals surface area (Å²) in [6.07, 6.45) is 2.13. The van der Waals surface area contributed by atoms with E-state index in [1.165, 1.54) is 11.6 Å². The molecule has 5 heterocycles. The Labute approximate surface area is 220 Å². The van der Waals surface area contributed by atoms with Gasteiger partial charge in [0.05, 0.1) is 17.9 Å². The third-order valence-corrected chi connectivity index (χ3v) is 8.95. The van der Waals surface area contributed by atoms with Gasteiger partial charge in [-0.15, -0.1) is 10.2 Å². The Morgan fingerprint density at radius 2 is 1.89 bits per heavy atom. The third kappa shape index (κ3) is 3.94. The number of pyridine rings is 1. The third-order valence-electron chi connectivity index (χ3n) is 8.72. The second-order valence-corrected chi connectivity index (χ2v) is 11.7. The van der Waals surface area contributed by atoms with Crippen molar-refractivity contribution < 1.29 is 8.78 Å². The van der Waals surface area contributed by atoms with E-state index in [0.717, 1.165) is 73.7 Å². The first kappa shape index (κ1) is 23.5. The Balaban J connectivity index is 1.10. The number of anilines is 1. The van der Waals surface area contributed by atoms with Crippen molar-refractivity contribution in [2.75, 3.05) is 44.3 Å². The molecular formula is C27H30ClF2N7. The molecule has 1 saturated carbocycles. The van der Waals surface area contributed by atoms with E-state index in [1.54, 1.807) is 13.0 Å². The molecule has 0 atom stereocenters. The minimum Gasteiger partial charge on any atom is -0.355 e. The number of fused-ring (bicyclic) bond motifs is 3. The van der Waals surface area contributed by atoms with Gasteiger partial charge >= 0.3 is 0 Å². The zero-order valence-electron chi connectivity index (χ0n) is 20.9. The van der Waals surface area contributed by atoms with Gasteiger partial charge in [-0.1, -0.05) is 11.6 Å². The van der Waals surface area contributed by atoms with Crippen LogP contribution >= 0.6 is 11.6 Å². The molecule has 7 nitrogen and oxygen atoms in total. The Bertz CT molecular complexity index is 1340. The molecule has 0 amide bonds. The maximum Gasteiger partial charge on any atom is 0.151 e. The van der Waals surface area contributed by atoms with Gasteiger partial charge in [-0.3, -0.25) is 14.4 Å². The van der Waals surface area contributed by atoms with Gasteiger partial charge in [0.2, 0.25) is 0 Å². The summed E-state index contributed by atoms with van der Waals surface area (Å²) in [6, 6.07) is 9.75. The van der Waals surface area contributed by atoms with Crippen LogP contribution in [0, 0.1) is 18.2 Å². The molecule has 3 fully saturated rings. The van der Waals surface area contributed by atoms with Crippen LogP contribution in [0.4, 0.5) is 14.6 Å². The van der Waals surface area contributed by atoms with Crippen molar-refractivity contribution in [2.24, 2.45) is 5.41 Å². The smallest absolute Gasteiger partial charge is 0.151 e. The van der Waals surface area contributed by atoms with Crippen LogP contribution in [-0.2, 0) is 13.1 Å². The highest BCUT2D eigenvalue weighted by Gasteiger charge is 2.54. The number of likely N-dealkylation sites (tertiary alicyclic amines) is 1. The second kappa shape index (κ2) is 8.71. The fraction of sp³-hybridized carbons (Fsp3) is 0.519. The molecule has 1 aromatic carbocycles. The Kier molecular flexibility index (Phi) is 5.53. The van der Waals surface area contributed by atoms with Crippen LogP contribution in [0.3, 0.4) is 0 Å². The van der Waals surface area contributed by atoms with Crippen molar-refractivity contribution in [2.45, 2.75) is 44.8 Å². The van der Waals surface area contributed by atoms with Gasteiger partial charge in [-0.05, 0) is 55.7 Å². The molecule has 2 aromatic heterocycles. The highest BCUT2D eigenvalue weighted by molar-refractivity contribution is 6.30. The molecule has 1 spiro atoms. The van der Waals surface area contributed by atoms with Gasteiger partial charge in [-0.2, -0.15) is 0 Å². The maximum absolute atomic E-state index is 13.6. The first-order valence-electron chi connectivity index (χ1n) is 13.0. The van der Waals surface area contributed by atoms with Crippen molar-refractivity contribution in [1.29, 1.82) is 0 Å². The fourth-order valence-electron chi connectivity index (χ4n) is 6.71. The molecule has 0 N–H and O–H groups in total. The number of benzene rings is 1. The lowest BCUT2D eigenvalue weighted by Gasteiger charge is -2.59. The van der Waals surface area contributed by atoms with Crippen LogP contribution in [0.25, 0.3) is 5.69 Å². The van der Waals surface area contributed by atoms with E-state index in [1.807, 2.05) is 6.07 Å². The Morgan fingerprint density at radius 1 is 1.08 bits per heavy atom. The van der Waals surface area contributed by atoms with Crippen LogP contribution in [0.2, 0.25) is 5.02 Å². The summed E-state index contributed by atoms with van der Waals surface area (Å²) in [5.74, 6) is 2.95. The highest BCUT2D eigenvalue weighted by atomic mass is 35.5. The zero-order chi connectivity index (χ0) is 25.3. The predicted octanol–water partition coefficient (Wildman–Crippen LogP) is 4.12. The molecule has 0 bridgehead atoms. The van der Waals surface area contributed by atoms with Crippen LogP contribution in [-0.4, -0.2) is 75.0 Å². The quantitative estimate of drug-likeness (QED) is 0.499. The number of aryl methyl sites for hydroxylation is 1. The van der Waals surface area contributed by atoms with E-state index >= 15 is 0 Å². The summed E-state index contributed by atoms with van der Waals surface area (Å²) in [7, 11) is 0. The number of nitrogens with zero attached hydrogens (tertiary/aromatic N) is 7. The predicted molar refractivity (Wildman–Crippen MR) is 137 cm³/mol. The minimum absolute atomic E-state index is 0.260. The largest absolute Gasteiger partial charge is 0.355 e. The average Bonchev–Trinajstić information content (AvgIpc) is 3.11. The molecule has 37 heavy (non-hydrogen) atoms. The lowest BCUT2D eigenvalue weighted by atomic mass is 9.57. The molecular weight excluding hydrogens is 496 g/mol. The number of alkyl halides is 1. The molecule has 3 aromatic rings. The van der Waals surface area contributed by atoms with Crippen LogP contribution in [0.5, 0.6) is 0 Å². The first-order chi connectivity index (χ1) is 17.9. The van der Waals surface area contributed by atoms with Gasteiger partial charge in [0.25, 0.3) is 0 Å². The van der Waals surface area contributed by atoms with Crippen molar-refractivity contribution >= 4 is 17.4 Å². The summed E-state index contributed by atoms with van der Waals surface area (Å²) in [4.78, 5) is 11.3. The number of hydrogen-bond acceptors (Lipinski definition) is 6. The van der Waals surface area contributed by atoms with Gasteiger partial charge < -0.3 is 4.90 Å². The fourth-order valence-corrected chi connectivity index (χ4v) is 6.90. The van der Waals surface area contributed by atoms with Gasteiger partial charge in [0.1, 0.15) is 24.1 Å². The van der Waals surface area contributed by atoms with E-state index in [2.05, 4.69) is 41.5 Å². The van der Waals surface area contributed by atoms with Crippen molar-refractivity contribution in [3.05, 3.63) is 64.1 Å². The van der Waals surface area contributed by atoms with Gasteiger partial charge in [0.15, 0.2) is 5.82 Å². The maximum atomic E-state index is 13.6. The van der Waals surface area contributed by atoms with Crippen molar-refractivity contribution in [1.82, 2.24) is 29.5 Å². The van der Waals surface area contributed by atoms with E-state index < -0.39 is 0 Å². The molecule has 3 aliphatic heterocycles. The monoisotopic (exact) mass is 525 g/mol. The summed E-state index contributed by atoms with van der Waals surface area (Å²) in [5, 5.41) is 10.1. The van der Waals surface area contributed by atoms with E-state index in [9.17, 15) is 8.78 Å². The lowest BCUT2D eigenvalue weighted by Crippen LogP contribution is -2.62. The minimum atomic E-state index is -0.302. The molecule has 1 aliphatic carbocycles. The molecule has 4 aliphatic rings. The summed E-state index contributed by atoms with van der Waals surface area (Å²) < 4.78 is 28.7. The Hall–Kier alpha value is -2.62. The number of aromatic nitrogens is 4. The average molecular weight is 526 g/mol. The molecule has 194 valence electrons.